The molecule has 3 aliphatic rings. The van der Waals surface area contributed by atoms with Crippen molar-refractivity contribution in [2.24, 2.45) is 11.8 Å². The van der Waals surface area contributed by atoms with Gasteiger partial charge in [-0.2, -0.15) is 0 Å². The van der Waals surface area contributed by atoms with Gasteiger partial charge in [0.25, 0.3) is 0 Å². The number of nitrogens with one attached hydrogen (secondary N) is 1. The lowest BCUT2D eigenvalue weighted by atomic mass is 9.88. The van der Waals surface area contributed by atoms with Crippen molar-refractivity contribution in [2.45, 2.75) is 51.0 Å². The number of rotatable bonds is 3. The van der Waals surface area contributed by atoms with E-state index in [1.165, 1.54) is 71.1 Å². The van der Waals surface area contributed by atoms with Gasteiger partial charge in [-0.05, 0) is 57.2 Å². The smallest absolute Gasteiger partial charge is 0.0120 e. The first kappa shape index (κ1) is 11.0. The largest absolute Gasteiger partial charge is 0.313 e. The minimum Gasteiger partial charge on any atom is -0.313 e. The number of piperidine rings is 1. The van der Waals surface area contributed by atoms with E-state index in [-0.39, 0.29) is 0 Å². The molecule has 16 heavy (non-hydrogen) atoms. The molecular formula is C14H26N2. The molecule has 3 atom stereocenters. The molecule has 0 aromatic rings. The van der Waals surface area contributed by atoms with Gasteiger partial charge in [-0.1, -0.05) is 19.3 Å². The van der Waals surface area contributed by atoms with E-state index in [0.29, 0.717) is 0 Å². The van der Waals surface area contributed by atoms with Crippen LogP contribution in [0.2, 0.25) is 0 Å². The lowest BCUT2D eigenvalue weighted by molar-refractivity contribution is 0.209. The molecule has 92 valence electrons. The summed E-state index contributed by atoms with van der Waals surface area (Å²) in [6, 6.07) is 0.848. The summed E-state index contributed by atoms with van der Waals surface area (Å²) in [6.07, 6.45) is 10.3. The van der Waals surface area contributed by atoms with Crippen LogP contribution in [-0.2, 0) is 0 Å². The summed E-state index contributed by atoms with van der Waals surface area (Å²) < 4.78 is 0. The molecule has 2 heterocycles. The third-order valence-electron chi connectivity index (χ3n) is 5.03. The Balaban J connectivity index is 1.43. The SMILES string of the molecule is C1CCC(CNC2CCN3CCC2C3)CC1. The Kier molecular flexibility index (Phi) is 3.49. The summed E-state index contributed by atoms with van der Waals surface area (Å²) in [6.45, 7) is 5.40. The molecule has 0 spiro atoms. The van der Waals surface area contributed by atoms with Crippen LogP contribution >= 0.6 is 0 Å². The molecule has 0 radical (unpaired) electrons. The van der Waals surface area contributed by atoms with Gasteiger partial charge in [0.05, 0.1) is 0 Å². The van der Waals surface area contributed by atoms with Crippen molar-refractivity contribution in [3.8, 4) is 0 Å². The number of nitrogens with zero attached hydrogens (tertiary/aromatic N) is 1. The zero-order valence-electron chi connectivity index (χ0n) is 10.5. The molecule has 1 saturated carbocycles. The fraction of sp³-hybridized carbons (Fsp3) is 1.00. The van der Waals surface area contributed by atoms with Crippen LogP contribution in [0.3, 0.4) is 0 Å². The zero-order valence-corrected chi connectivity index (χ0v) is 10.5. The van der Waals surface area contributed by atoms with Gasteiger partial charge in [0.15, 0.2) is 0 Å². The molecule has 2 bridgehead atoms. The summed E-state index contributed by atoms with van der Waals surface area (Å²) in [5.74, 6) is 1.96. The maximum Gasteiger partial charge on any atom is 0.0120 e. The topological polar surface area (TPSA) is 15.3 Å². The molecule has 2 nitrogen and oxygen atoms in total. The van der Waals surface area contributed by atoms with Crippen molar-refractivity contribution in [3.63, 3.8) is 0 Å². The highest BCUT2D eigenvalue weighted by molar-refractivity contribution is 4.91. The Labute approximate surface area is 99.8 Å². The second kappa shape index (κ2) is 5.05. The third kappa shape index (κ3) is 2.43. The third-order valence-corrected chi connectivity index (χ3v) is 5.03. The predicted octanol–water partition coefficient (Wildman–Crippen LogP) is 2.25. The van der Waals surface area contributed by atoms with Crippen molar-refractivity contribution in [2.75, 3.05) is 26.2 Å². The summed E-state index contributed by atoms with van der Waals surface area (Å²) in [7, 11) is 0. The van der Waals surface area contributed by atoms with Crippen molar-refractivity contribution in [1.82, 2.24) is 10.2 Å². The highest BCUT2D eigenvalue weighted by Crippen LogP contribution is 2.28. The van der Waals surface area contributed by atoms with E-state index in [1.54, 1.807) is 0 Å². The lowest BCUT2D eigenvalue weighted by Gasteiger charge is -2.33. The number of hydrogen-bond donors (Lipinski definition) is 1. The fourth-order valence-electron chi connectivity index (χ4n) is 3.93. The highest BCUT2D eigenvalue weighted by Gasteiger charge is 2.34. The Morgan fingerprint density at radius 2 is 1.75 bits per heavy atom. The molecule has 0 aromatic heterocycles. The van der Waals surface area contributed by atoms with Gasteiger partial charge >= 0.3 is 0 Å². The monoisotopic (exact) mass is 222 g/mol. The van der Waals surface area contributed by atoms with Crippen LogP contribution in [0, 0.1) is 11.8 Å². The van der Waals surface area contributed by atoms with Gasteiger partial charge in [-0.3, -0.25) is 0 Å². The van der Waals surface area contributed by atoms with Gasteiger partial charge in [-0.15, -0.1) is 0 Å². The van der Waals surface area contributed by atoms with Crippen LogP contribution in [0.15, 0.2) is 0 Å². The van der Waals surface area contributed by atoms with Gasteiger partial charge in [0, 0.05) is 12.6 Å². The van der Waals surface area contributed by atoms with E-state index in [1.807, 2.05) is 0 Å². The van der Waals surface area contributed by atoms with Crippen LogP contribution in [0.1, 0.15) is 44.9 Å². The van der Waals surface area contributed by atoms with Crippen molar-refractivity contribution in [3.05, 3.63) is 0 Å². The van der Waals surface area contributed by atoms with Crippen molar-refractivity contribution >= 4 is 0 Å². The number of hydrogen-bond acceptors (Lipinski definition) is 2. The second-order valence-electron chi connectivity index (χ2n) is 6.16. The molecule has 2 heteroatoms. The molecule has 1 aliphatic carbocycles. The molecule has 2 aliphatic heterocycles. The standard InChI is InChI=1S/C14H26N2/c1-2-4-12(5-3-1)10-15-14-7-9-16-8-6-13(14)11-16/h12-15H,1-11H2. The Morgan fingerprint density at radius 3 is 2.62 bits per heavy atom. The maximum atomic E-state index is 3.89. The summed E-state index contributed by atoms with van der Waals surface area (Å²) in [5.41, 5.74) is 0. The summed E-state index contributed by atoms with van der Waals surface area (Å²) in [4.78, 5) is 2.64. The fourth-order valence-corrected chi connectivity index (χ4v) is 3.93. The van der Waals surface area contributed by atoms with Gasteiger partial charge in [0.2, 0.25) is 0 Å². The molecule has 1 N–H and O–H groups in total. The van der Waals surface area contributed by atoms with Crippen molar-refractivity contribution in [1.29, 1.82) is 0 Å². The first-order chi connectivity index (χ1) is 7.92. The number of fused-ring (bicyclic) bond motifs is 2. The van der Waals surface area contributed by atoms with E-state index in [9.17, 15) is 0 Å². The van der Waals surface area contributed by atoms with E-state index >= 15 is 0 Å². The molecule has 3 rings (SSSR count). The van der Waals surface area contributed by atoms with Gasteiger partial charge < -0.3 is 10.2 Å². The first-order valence-electron chi connectivity index (χ1n) is 7.37. The molecule has 0 amide bonds. The van der Waals surface area contributed by atoms with Crippen molar-refractivity contribution < 1.29 is 0 Å². The molecular weight excluding hydrogens is 196 g/mol. The minimum absolute atomic E-state index is 0.848. The van der Waals surface area contributed by atoms with E-state index < -0.39 is 0 Å². The molecule has 0 aromatic carbocycles. The maximum absolute atomic E-state index is 3.89. The Bertz CT molecular complexity index is 223. The molecule has 3 unspecified atom stereocenters. The van der Waals surface area contributed by atoms with Crippen LogP contribution in [-0.4, -0.2) is 37.1 Å². The van der Waals surface area contributed by atoms with E-state index in [4.69, 9.17) is 0 Å². The minimum atomic E-state index is 0.848. The van der Waals surface area contributed by atoms with E-state index in [0.717, 1.165) is 17.9 Å². The molecule has 3 fully saturated rings. The zero-order chi connectivity index (χ0) is 10.8. The van der Waals surface area contributed by atoms with Gasteiger partial charge in [0.1, 0.15) is 0 Å². The van der Waals surface area contributed by atoms with Crippen LogP contribution in [0.5, 0.6) is 0 Å². The van der Waals surface area contributed by atoms with Crippen LogP contribution in [0.25, 0.3) is 0 Å². The average Bonchev–Trinajstić information content (AvgIpc) is 2.72. The lowest BCUT2D eigenvalue weighted by Crippen LogP contribution is -2.45. The average molecular weight is 222 g/mol. The van der Waals surface area contributed by atoms with Crippen LogP contribution < -0.4 is 5.32 Å². The predicted molar refractivity (Wildman–Crippen MR) is 67.5 cm³/mol. The van der Waals surface area contributed by atoms with E-state index in [2.05, 4.69) is 10.2 Å². The quantitative estimate of drug-likeness (QED) is 0.788. The normalized spacial score (nSPS) is 40.1. The Morgan fingerprint density at radius 1 is 0.938 bits per heavy atom. The first-order valence-corrected chi connectivity index (χ1v) is 7.37. The summed E-state index contributed by atoms with van der Waals surface area (Å²) >= 11 is 0. The highest BCUT2D eigenvalue weighted by atomic mass is 15.2. The van der Waals surface area contributed by atoms with Crippen LogP contribution in [0.4, 0.5) is 0 Å². The second-order valence-corrected chi connectivity index (χ2v) is 6.16. The summed E-state index contributed by atoms with van der Waals surface area (Å²) in [5, 5.41) is 3.89. The molecule has 2 saturated heterocycles. The Hall–Kier alpha value is -0.0800. The van der Waals surface area contributed by atoms with Gasteiger partial charge in [-0.25, -0.2) is 0 Å².